The second-order valence-corrected chi connectivity index (χ2v) is 9.35. The number of thiophene rings is 1. The minimum Gasteiger partial charge on any atom is -0.342 e. The Morgan fingerprint density at radius 3 is 2.60 bits per heavy atom. The molecule has 5 nitrogen and oxygen atoms in total. The Balaban J connectivity index is 1.29. The molecule has 0 unspecified atom stereocenters. The van der Waals surface area contributed by atoms with E-state index in [1.807, 2.05) is 11.0 Å². The summed E-state index contributed by atoms with van der Waals surface area (Å²) in [5, 5.41) is 0. The first kappa shape index (κ1) is 21.0. The summed E-state index contributed by atoms with van der Waals surface area (Å²) in [6.45, 7) is 6.93. The van der Waals surface area contributed by atoms with Gasteiger partial charge < -0.3 is 9.80 Å². The third-order valence-corrected chi connectivity index (χ3v) is 7.17. The molecular formula is C23H28FN3O2S. The molecule has 160 valence electrons. The van der Waals surface area contributed by atoms with Crippen LogP contribution in [-0.4, -0.2) is 65.8 Å². The van der Waals surface area contributed by atoms with Crippen molar-refractivity contribution in [2.24, 2.45) is 5.92 Å². The molecule has 1 atom stereocenters. The zero-order chi connectivity index (χ0) is 21.1. The van der Waals surface area contributed by atoms with E-state index in [2.05, 4.69) is 17.0 Å². The van der Waals surface area contributed by atoms with Gasteiger partial charge in [0.05, 0.1) is 5.92 Å². The van der Waals surface area contributed by atoms with Gasteiger partial charge in [-0.1, -0.05) is 12.1 Å². The van der Waals surface area contributed by atoms with Crippen LogP contribution in [0.25, 0.3) is 10.4 Å². The van der Waals surface area contributed by atoms with Crippen molar-refractivity contribution in [3.8, 4) is 10.4 Å². The number of likely N-dealkylation sites (tertiary alicyclic amines) is 1. The number of carbonyl (C=O) groups is 2. The van der Waals surface area contributed by atoms with Crippen molar-refractivity contribution < 1.29 is 14.0 Å². The van der Waals surface area contributed by atoms with Gasteiger partial charge in [0.15, 0.2) is 0 Å². The normalized spacial score (nSPS) is 20.4. The summed E-state index contributed by atoms with van der Waals surface area (Å²) in [5.74, 6) is -0.0102. The lowest BCUT2D eigenvalue weighted by atomic mass is 9.96. The summed E-state index contributed by atoms with van der Waals surface area (Å²) in [5.41, 5.74) is 0.911. The summed E-state index contributed by atoms with van der Waals surface area (Å²) in [6, 6.07) is 10.9. The van der Waals surface area contributed by atoms with Crippen LogP contribution >= 0.6 is 11.3 Å². The molecule has 1 aromatic carbocycles. The van der Waals surface area contributed by atoms with Gasteiger partial charge in [-0.2, -0.15) is 0 Å². The molecule has 0 aliphatic carbocycles. The van der Waals surface area contributed by atoms with Crippen molar-refractivity contribution in [2.75, 3.05) is 39.3 Å². The van der Waals surface area contributed by atoms with Gasteiger partial charge in [-0.05, 0) is 42.7 Å². The molecule has 2 amide bonds. The number of hydrogen-bond donors (Lipinski definition) is 0. The third kappa shape index (κ3) is 4.90. The molecule has 0 spiro atoms. The molecule has 4 rings (SSSR count). The fourth-order valence-electron chi connectivity index (χ4n) is 4.33. The predicted octanol–water partition coefficient (Wildman–Crippen LogP) is 3.46. The van der Waals surface area contributed by atoms with E-state index in [0.29, 0.717) is 6.54 Å². The summed E-state index contributed by atoms with van der Waals surface area (Å²) >= 11 is 1.69. The maximum absolute atomic E-state index is 13.5. The molecule has 3 heterocycles. The number of nitrogens with zero attached hydrogens (tertiary/aromatic N) is 3. The zero-order valence-corrected chi connectivity index (χ0v) is 18.2. The van der Waals surface area contributed by atoms with Gasteiger partial charge in [0.25, 0.3) is 0 Å². The van der Waals surface area contributed by atoms with Crippen LogP contribution in [0.15, 0.2) is 36.4 Å². The largest absolute Gasteiger partial charge is 0.342 e. The first-order valence-corrected chi connectivity index (χ1v) is 11.4. The number of piperazine rings is 1. The van der Waals surface area contributed by atoms with Gasteiger partial charge >= 0.3 is 0 Å². The maximum Gasteiger partial charge on any atom is 0.227 e. The van der Waals surface area contributed by atoms with Crippen LogP contribution in [0, 0.1) is 11.7 Å². The van der Waals surface area contributed by atoms with Gasteiger partial charge in [0.1, 0.15) is 5.82 Å². The summed E-state index contributed by atoms with van der Waals surface area (Å²) in [7, 11) is 0. The second-order valence-electron chi connectivity index (χ2n) is 8.18. The van der Waals surface area contributed by atoms with Gasteiger partial charge in [-0.25, -0.2) is 4.39 Å². The molecular weight excluding hydrogens is 401 g/mol. The van der Waals surface area contributed by atoms with Crippen molar-refractivity contribution >= 4 is 23.2 Å². The Hall–Kier alpha value is -2.25. The predicted molar refractivity (Wildman–Crippen MR) is 117 cm³/mol. The minimum absolute atomic E-state index is 0.0553. The van der Waals surface area contributed by atoms with E-state index in [-0.39, 0.29) is 23.5 Å². The maximum atomic E-state index is 13.5. The van der Waals surface area contributed by atoms with Gasteiger partial charge in [-0.3, -0.25) is 14.5 Å². The lowest BCUT2D eigenvalue weighted by Gasteiger charge is -2.38. The van der Waals surface area contributed by atoms with Crippen molar-refractivity contribution in [2.45, 2.75) is 26.3 Å². The van der Waals surface area contributed by atoms with Gasteiger partial charge in [0.2, 0.25) is 11.8 Å². The number of amides is 2. The summed E-state index contributed by atoms with van der Waals surface area (Å²) in [6.07, 6.45) is 1.78. The zero-order valence-electron chi connectivity index (χ0n) is 17.3. The first-order chi connectivity index (χ1) is 14.5. The van der Waals surface area contributed by atoms with Crippen LogP contribution in [0.4, 0.5) is 4.39 Å². The van der Waals surface area contributed by atoms with Crippen LogP contribution in [0.1, 0.15) is 24.6 Å². The molecule has 1 aromatic heterocycles. The summed E-state index contributed by atoms with van der Waals surface area (Å²) < 4.78 is 13.5. The standard InChI is InChI=1S/C23H28FN3O2S/c1-17(28)27-9-3-5-19(15-27)23(29)26-12-10-25(11-13-26)16-21-7-8-22(30-21)18-4-2-6-20(24)14-18/h2,4,6-8,14,19H,3,5,9-13,15-16H2,1H3/t19-/m0/s1. The Bertz CT molecular complexity index is 907. The lowest BCUT2D eigenvalue weighted by molar-refractivity contribution is -0.141. The topological polar surface area (TPSA) is 43.9 Å². The highest BCUT2D eigenvalue weighted by molar-refractivity contribution is 7.15. The summed E-state index contributed by atoms with van der Waals surface area (Å²) in [4.78, 5) is 33.0. The monoisotopic (exact) mass is 429 g/mol. The van der Waals surface area contributed by atoms with Crippen molar-refractivity contribution in [3.05, 3.63) is 47.1 Å². The number of halogens is 1. The van der Waals surface area contributed by atoms with Crippen LogP contribution in [0.2, 0.25) is 0 Å². The Kier molecular flexibility index (Phi) is 6.49. The number of benzene rings is 1. The molecule has 2 saturated heterocycles. The van der Waals surface area contributed by atoms with E-state index in [0.717, 1.165) is 62.6 Å². The molecule has 2 aromatic rings. The number of rotatable bonds is 4. The smallest absolute Gasteiger partial charge is 0.227 e. The quantitative estimate of drug-likeness (QED) is 0.748. The van der Waals surface area contributed by atoms with E-state index in [1.165, 1.54) is 10.9 Å². The number of piperidine rings is 1. The van der Waals surface area contributed by atoms with Crippen molar-refractivity contribution in [1.29, 1.82) is 0 Å². The number of hydrogen-bond acceptors (Lipinski definition) is 4. The van der Waals surface area contributed by atoms with Crippen LogP contribution < -0.4 is 0 Å². The lowest BCUT2D eigenvalue weighted by Crippen LogP contribution is -2.52. The Morgan fingerprint density at radius 1 is 1.07 bits per heavy atom. The van der Waals surface area contributed by atoms with E-state index in [1.54, 1.807) is 35.3 Å². The van der Waals surface area contributed by atoms with Crippen molar-refractivity contribution in [3.63, 3.8) is 0 Å². The minimum atomic E-state index is -0.215. The molecule has 2 aliphatic heterocycles. The van der Waals surface area contributed by atoms with E-state index in [9.17, 15) is 14.0 Å². The van der Waals surface area contributed by atoms with E-state index in [4.69, 9.17) is 0 Å². The van der Waals surface area contributed by atoms with Crippen LogP contribution in [-0.2, 0) is 16.1 Å². The molecule has 0 radical (unpaired) electrons. The van der Waals surface area contributed by atoms with Gasteiger partial charge in [-0.15, -0.1) is 11.3 Å². The molecule has 2 aliphatic rings. The highest BCUT2D eigenvalue weighted by atomic mass is 32.1. The second kappa shape index (κ2) is 9.27. The average molecular weight is 430 g/mol. The molecule has 0 bridgehead atoms. The van der Waals surface area contributed by atoms with Crippen LogP contribution in [0.3, 0.4) is 0 Å². The fraction of sp³-hybridized carbons (Fsp3) is 0.478. The van der Waals surface area contributed by atoms with Crippen LogP contribution in [0.5, 0.6) is 0 Å². The molecule has 30 heavy (non-hydrogen) atoms. The van der Waals surface area contributed by atoms with E-state index < -0.39 is 0 Å². The third-order valence-electron chi connectivity index (χ3n) is 6.05. The highest BCUT2D eigenvalue weighted by Gasteiger charge is 2.31. The molecule has 0 saturated carbocycles. The highest BCUT2D eigenvalue weighted by Crippen LogP contribution is 2.29. The van der Waals surface area contributed by atoms with Crippen molar-refractivity contribution in [1.82, 2.24) is 14.7 Å². The van der Waals surface area contributed by atoms with E-state index >= 15 is 0 Å². The van der Waals surface area contributed by atoms with Gasteiger partial charge in [0, 0.05) is 62.5 Å². The Morgan fingerprint density at radius 2 is 1.87 bits per heavy atom. The molecule has 7 heteroatoms. The average Bonchev–Trinajstić information content (AvgIpc) is 3.22. The number of carbonyl (C=O) groups excluding carboxylic acids is 2. The Labute approximate surface area is 181 Å². The fourth-order valence-corrected chi connectivity index (χ4v) is 5.38. The first-order valence-electron chi connectivity index (χ1n) is 10.6. The SMILES string of the molecule is CC(=O)N1CCC[C@H](C(=O)N2CCN(Cc3ccc(-c4cccc(F)c4)s3)CC2)C1. The molecule has 2 fully saturated rings. The molecule has 0 N–H and O–H groups in total.